The van der Waals surface area contributed by atoms with E-state index in [4.69, 9.17) is 4.74 Å². The van der Waals surface area contributed by atoms with E-state index in [1.807, 2.05) is 13.0 Å². The molecule has 26 heavy (non-hydrogen) atoms. The van der Waals surface area contributed by atoms with Crippen LogP contribution in [0.1, 0.15) is 49.8 Å². The third-order valence-corrected chi connectivity index (χ3v) is 4.32. The van der Waals surface area contributed by atoms with Gasteiger partial charge in [-0.3, -0.25) is 4.79 Å². The fourth-order valence-electron chi connectivity index (χ4n) is 2.76. The highest BCUT2D eigenvalue weighted by Crippen LogP contribution is 2.28. The van der Waals surface area contributed by atoms with Gasteiger partial charge in [-0.25, -0.2) is 4.39 Å². The number of amides is 1. The van der Waals surface area contributed by atoms with Gasteiger partial charge >= 0.3 is 0 Å². The average molecular weight is 357 g/mol. The van der Waals surface area contributed by atoms with E-state index >= 15 is 0 Å². The highest BCUT2D eigenvalue weighted by molar-refractivity contribution is 5.80. The Labute approximate surface area is 155 Å². The number of hydrogen-bond acceptors (Lipinski definition) is 2. The zero-order valence-corrected chi connectivity index (χ0v) is 16.0. The van der Waals surface area contributed by atoms with E-state index in [2.05, 4.69) is 31.3 Å². The highest BCUT2D eigenvalue weighted by Gasteiger charge is 2.17. The molecule has 1 atom stereocenters. The van der Waals surface area contributed by atoms with E-state index < -0.39 is 6.10 Å². The van der Waals surface area contributed by atoms with Crippen LogP contribution in [0.3, 0.4) is 0 Å². The lowest BCUT2D eigenvalue weighted by Crippen LogP contribution is -2.37. The van der Waals surface area contributed by atoms with Crippen molar-refractivity contribution >= 4 is 5.91 Å². The normalized spacial score (nSPS) is 12.1. The number of carbonyl (C=O) groups is 1. The quantitative estimate of drug-likeness (QED) is 0.691. The molecule has 0 aliphatic heterocycles. The molecule has 2 aromatic rings. The Balaban J connectivity index is 1.82. The maximum absolute atomic E-state index is 12.9. The van der Waals surface area contributed by atoms with Crippen molar-refractivity contribution in [3.05, 3.63) is 65.0 Å². The van der Waals surface area contributed by atoms with Gasteiger partial charge in [0.15, 0.2) is 6.10 Å². The van der Waals surface area contributed by atoms with E-state index in [1.165, 1.54) is 12.1 Å². The van der Waals surface area contributed by atoms with Crippen molar-refractivity contribution < 1.29 is 13.9 Å². The molecule has 2 rings (SSSR count). The molecule has 0 bridgehead atoms. The van der Waals surface area contributed by atoms with Crippen LogP contribution in [-0.2, 0) is 11.2 Å². The number of ether oxygens (including phenoxy) is 1. The van der Waals surface area contributed by atoms with Gasteiger partial charge in [-0.05, 0) is 67.5 Å². The first-order valence-electron chi connectivity index (χ1n) is 9.16. The number of nitrogens with one attached hydrogen (secondary N) is 1. The number of carbonyl (C=O) groups excluding carboxylic acids is 1. The molecule has 1 amide bonds. The summed E-state index contributed by atoms with van der Waals surface area (Å²) in [7, 11) is 0. The molecule has 0 spiro atoms. The molecule has 0 aliphatic carbocycles. The van der Waals surface area contributed by atoms with Crippen LogP contribution in [-0.4, -0.2) is 18.6 Å². The molecule has 0 saturated carbocycles. The van der Waals surface area contributed by atoms with Gasteiger partial charge in [0.25, 0.3) is 5.91 Å². The van der Waals surface area contributed by atoms with Crippen molar-refractivity contribution in [1.29, 1.82) is 0 Å². The monoisotopic (exact) mass is 357 g/mol. The molecule has 0 unspecified atom stereocenters. The van der Waals surface area contributed by atoms with Crippen molar-refractivity contribution in [2.24, 2.45) is 0 Å². The van der Waals surface area contributed by atoms with Gasteiger partial charge in [0.05, 0.1) is 0 Å². The maximum Gasteiger partial charge on any atom is 0.260 e. The molecular formula is C22H28FNO2. The highest BCUT2D eigenvalue weighted by atomic mass is 19.1. The fourth-order valence-corrected chi connectivity index (χ4v) is 2.76. The van der Waals surface area contributed by atoms with Crippen molar-refractivity contribution in [3.63, 3.8) is 0 Å². The lowest BCUT2D eigenvalue weighted by Gasteiger charge is -2.19. The molecule has 0 heterocycles. The summed E-state index contributed by atoms with van der Waals surface area (Å²) in [6.07, 6.45) is 1.04. The molecular weight excluding hydrogens is 329 g/mol. The molecule has 1 N–H and O–H groups in total. The zero-order chi connectivity index (χ0) is 19.1. The minimum Gasteiger partial charge on any atom is -0.481 e. The van der Waals surface area contributed by atoms with E-state index in [0.717, 1.165) is 35.3 Å². The Hall–Kier alpha value is -2.36. The van der Waals surface area contributed by atoms with Gasteiger partial charge in [0.2, 0.25) is 0 Å². The summed E-state index contributed by atoms with van der Waals surface area (Å²) in [6.45, 7) is 8.56. The zero-order valence-electron chi connectivity index (χ0n) is 16.0. The van der Waals surface area contributed by atoms with Crippen LogP contribution in [0.2, 0.25) is 0 Å². The van der Waals surface area contributed by atoms with Crippen LogP contribution in [0.15, 0.2) is 42.5 Å². The topological polar surface area (TPSA) is 38.3 Å². The van der Waals surface area contributed by atoms with Crippen LogP contribution < -0.4 is 10.1 Å². The second-order valence-electron chi connectivity index (χ2n) is 6.98. The summed E-state index contributed by atoms with van der Waals surface area (Å²) in [5.41, 5.74) is 3.27. The van der Waals surface area contributed by atoms with Crippen LogP contribution in [0, 0.1) is 12.7 Å². The smallest absolute Gasteiger partial charge is 0.260 e. The predicted octanol–water partition coefficient (Wildman–Crippen LogP) is 4.77. The molecule has 0 radical (unpaired) electrons. The van der Waals surface area contributed by atoms with E-state index in [1.54, 1.807) is 19.1 Å². The van der Waals surface area contributed by atoms with E-state index in [-0.39, 0.29) is 11.7 Å². The molecule has 2 aromatic carbocycles. The number of halogens is 1. The minimum atomic E-state index is -0.555. The molecule has 4 heteroatoms. The summed E-state index contributed by atoms with van der Waals surface area (Å²) in [5, 5.41) is 2.91. The van der Waals surface area contributed by atoms with Gasteiger partial charge < -0.3 is 10.1 Å². The predicted molar refractivity (Wildman–Crippen MR) is 103 cm³/mol. The molecule has 0 aliphatic rings. The summed E-state index contributed by atoms with van der Waals surface area (Å²) < 4.78 is 18.8. The Morgan fingerprint density at radius 1 is 1.12 bits per heavy atom. The maximum atomic E-state index is 12.9. The number of benzene rings is 2. The second kappa shape index (κ2) is 9.37. The Kier molecular flexibility index (Phi) is 7.19. The SMILES string of the molecule is Cc1ccc(C(C)C)c(O[C@@H](C)C(=O)NCCCc2ccc(F)cc2)c1. The lowest BCUT2D eigenvalue weighted by molar-refractivity contribution is -0.127. The minimum absolute atomic E-state index is 0.125. The summed E-state index contributed by atoms with van der Waals surface area (Å²) in [5.74, 6) is 0.746. The molecule has 0 saturated heterocycles. The van der Waals surface area contributed by atoms with Crippen LogP contribution in [0.4, 0.5) is 4.39 Å². The first-order valence-corrected chi connectivity index (χ1v) is 9.16. The van der Waals surface area contributed by atoms with Gasteiger partial charge in [0.1, 0.15) is 11.6 Å². The van der Waals surface area contributed by atoms with Gasteiger partial charge in [-0.1, -0.05) is 38.1 Å². The fraction of sp³-hybridized carbons (Fsp3) is 0.409. The third kappa shape index (κ3) is 5.87. The molecule has 0 aromatic heterocycles. The Morgan fingerprint density at radius 2 is 1.81 bits per heavy atom. The van der Waals surface area contributed by atoms with Gasteiger partial charge in [-0.15, -0.1) is 0 Å². The van der Waals surface area contributed by atoms with Crippen molar-refractivity contribution in [2.45, 2.75) is 52.6 Å². The van der Waals surface area contributed by atoms with E-state index in [0.29, 0.717) is 12.5 Å². The first kappa shape index (κ1) is 20.0. The summed E-state index contributed by atoms with van der Waals surface area (Å²) in [4.78, 5) is 12.3. The number of rotatable bonds is 8. The third-order valence-electron chi connectivity index (χ3n) is 4.32. The van der Waals surface area contributed by atoms with Crippen molar-refractivity contribution in [2.75, 3.05) is 6.54 Å². The molecule has 140 valence electrons. The number of aryl methyl sites for hydroxylation is 2. The van der Waals surface area contributed by atoms with Gasteiger partial charge in [-0.2, -0.15) is 0 Å². The summed E-state index contributed by atoms with van der Waals surface area (Å²) >= 11 is 0. The molecule has 3 nitrogen and oxygen atoms in total. The van der Waals surface area contributed by atoms with Crippen molar-refractivity contribution in [3.8, 4) is 5.75 Å². The lowest BCUT2D eigenvalue weighted by atomic mass is 10.0. The Bertz CT molecular complexity index is 725. The van der Waals surface area contributed by atoms with Crippen molar-refractivity contribution in [1.82, 2.24) is 5.32 Å². The first-order chi connectivity index (χ1) is 12.4. The van der Waals surface area contributed by atoms with Crippen LogP contribution in [0.25, 0.3) is 0 Å². The second-order valence-corrected chi connectivity index (χ2v) is 6.98. The Morgan fingerprint density at radius 3 is 2.46 bits per heavy atom. The van der Waals surface area contributed by atoms with Crippen LogP contribution in [0.5, 0.6) is 5.75 Å². The van der Waals surface area contributed by atoms with Gasteiger partial charge in [0, 0.05) is 6.54 Å². The van der Waals surface area contributed by atoms with E-state index in [9.17, 15) is 9.18 Å². The summed E-state index contributed by atoms with van der Waals surface area (Å²) in [6, 6.07) is 12.6. The van der Waals surface area contributed by atoms with Crippen LogP contribution >= 0.6 is 0 Å². The largest absolute Gasteiger partial charge is 0.481 e. The average Bonchev–Trinajstić information content (AvgIpc) is 2.59. The molecule has 0 fully saturated rings. The standard InChI is InChI=1S/C22H28FNO2/c1-15(2)20-12-7-16(3)14-21(20)26-17(4)22(25)24-13-5-6-18-8-10-19(23)11-9-18/h7-12,14-15,17H,5-6,13H2,1-4H3,(H,24,25)/t17-/m0/s1. The number of hydrogen-bond donors (Lipinski definition) is 1.